The number of fused-ring (bicyclic) bond motifs is 1. The summed E-state index contributed by atoms with van der Waals surface area (Å²) in [5, 5.41) is 15.3. The van der Waals surface area contributed by atoms with Crippen LogP contribution in [-0.4, -0.2) is 59.7 Å². The van der Waals surface area contributed by atoms with Gasteiger partial charge < -0.3 is 24.3 Å². The molecule has 0 unspecified atom stereocenters. The summed E-state index contributed by atoms with van der Waals surface area (Å²) >= 11 is 0. The van der Waals surface area contributed by atoms with Crippen molar-refractivity contribution in [3.8, 4) is 34.5 Å². The van der Waals surface area contributed by atoms with Crippen molar-refractivity contribution in [2.75, 3.05) is 34.0 Å². The van der Waals surface area contributed by atoms with E-state index < -0.39 is 24.3 Å². The average molecular weight is 517 g/mol. The summed E-state index contributed by atoms with van der Waals surface area (Å²) in [7, 11) is 3.07. The molecule has 0 saturated heterocycles. The lowest BCUT2D eigenvalue weighted by Gasteiger charge is -2.11. The number of nitrogens with one attached hydrogen (secondary N) is 1. The smallest absolute Gasteiger partial charge is 0.416 e. The molecule has 10 nitrogen and oxygen atoms in total. The fraction of sp³-hybridized carbons (Fsp3) is 0.250. The van der Waals surface area contributed by atoms with Crippen molar-refractivity contribution in [2.24, 2.45) is 0 Å². The van der Waals surface area contributed by atoms with Gasteiger partial charge in [-0.3, -0.25) is 4.79 Å². The molecule has 2 aromatic carbocycles. The standard InChI is InChI=1S/C24H22F3N5O5/c1-34-18-7-6-15(12-19(18)35-2)23-30-29-20-8-9-22(31-32(20)23)36-11-10-28-21(33)14-37-17-5-3-4-16(13-17)24(25,26)27/h3-9,12-13H,10-11,14H2,1-2H3,(H,28,33). The number of alkyl halides is 3. The number of methoxy groups -OCH3 is 2. The second-order valence-electron chi connectivity index (χ2n) is 7.55. The van der Waals surface area contributed by atoms with Gasteiger partial charge in [0, 0.05) is 11.6 Å². The molecular weight excluding hydrogens is 495 g/mol. The van der Waals surface area contributed by atoms with Gasteiger partial charge in [-0.15, -0.1) is 15.3 Å². The third-order valence-electron chi connectivity index (χ3n) is 5.09. The van der Waals surface area contributed by atoms with Gasteiger partial charge in [0.05, 0.1) is 26.3 Å². The average Bonchev–Trinajstić information content (AvgIpc) is 3.32. The number of nitrogens with zero attached hydrogens (tertiary/aromatic N) is 4. The van der Waals surface area contributed by atoms with Crippen molar-refractivity contribution in [3.63, 3.8) is 0 Å². The highest BCUT2D eigenvalue weighted by Crippen LogP contribution is 2.32. The molecule has 1 N–H and O–H groups in total. The first-order valence-electron chi connectivity index (χ1n) is 10.9. The Hall–Kier alpha value is -4.55. The zero-order valence-electron chi connectivity index (χ0n) is 19.8. The first-order chi connectivity index (χ1) is 17.8. The topological polar surface area (TPSA) is 109 Å². The Morgan fingerprint density at radius 2 is 1.78 bits per heavy atom. The minimum absolute atomic E-state index is 0.0575. The number of ether oxygens (including phenoxy) is 4. The molecule has 4 aromatic rings. The molecule has 0 atom stereocenters. The van der Waals surface area contributed by atoms with Crippen molar-refractivity contribution in [3.05, 3.63) is 60.2 Å². The van der Waals surface area contributed by atoms with Crippen molar-refractivity contribution < 1.29 is 36.9 Å². The van der Waals surface area contributed by atoms with Crippen molar-refractivity contribution in [1.82, 2.24) is 25.1 Å². The number of carbonyl (C=O) groups excluding carboxylic acids is 1. The Morgan fingerprint density at radius 3 is 2.54 bits per heavy atom. The monoisotopic (exact) mass is 517 g/mol. The maximum absolute atomic E-state index is 12.8. The van der Waals surface area contributed by atoms with Crippen molar-refractivity contribution in [2.45, 2.75) is 6.18 Å². The molecule has 194 valence electrons. The molecular formula is C24H22F3N5O5. The van der Waals surface area contributed by atoms with Crippen LogP contribution in [0.15, 0.2) is 54.6 Å². The number of aromatic nitrogens is 4. The lowest BCUT2D eigenvalue weighted by Crippen LogP contribution is -2.32. The molecule has 2 heterocycles. The van der Waals surface area contributed by atoms with E-state index in [0.29, 0.717) is 28.5 Å². The number of rotatable bonds is 10. The van der Waals surface area contributed by atoms with Gasteiger partial charge in [0.2, 0.25) is 5.88 Å². The molecule has 37 heavy (non-hydrogen) atoms. The molecule has 0 fully saturated rings. The maximum atomic E-state index is 12.8. The van der Waals surface area contributed by atoms with E-state index in [-0.39, 0.29) is 24.8 Å². The fourth-order valence-corrected chi connectivity index (χ4v) is 3.31. The largest absolute Gasteiger partial charge is 0.493 e. The first-order valence-corrected chi connectivity index (χ1v) is 10.9. The van der Waals surface area contributed by atoms with E-state index in [4.69, 9.17) is 18.9 Å². The highest BCUT2D eigenvalue weighted by Gasteiger charge is 2.30. The summed E-state index contributed by atoms with van der Waals surface area (Å²) in [6.45, 7) is -0.238. The Morgan fingerprint density at radius 1 is 0.973 bits per heavy atom. The summed E-state index contributed by atoms with van der Waals surface area (Å²) in [5.41, 5.74) is 0.339. The Kier molecular flexibility index (Phi) is 7.60. The van der Waals surface area contributed by atoms with E-state index in [0.717, 1.165) is 12.1 Å². The summed E-state index contributed by atoms with van der Waals surface area (Å²) in [6.07, 6.45) is -4.49. The number of amides is 1. The zero-order chi connectivity index (χ0) is 26.4. The highest BCUT2D eigenvalue weighted by atomic mass is 19.4. The van der Waals surface area contributed by atoms with Crippen LogP contribution in [0.4, 0.5) is 13.2 Å². The van der Waals surface area contributed by atoms with Gasteiger partial charge in [-0.2, -0.15) is 17.7 Å². The highest BCUT2D eigenvalue weighted by molar-refractivity contribution is 5.77. The van der Waals surface area contributed by atoms with E-state index in [1.165, 1.54) is 23.8 Å². The molecule has 2 aromatic heterocycles. The normalized spacial score (nSPS) is 11.3. The summed E-state index contributed by atoms with van der Waals surface area (Å²) < 4.78 is 61.2. The predicted molar refractivity (Wildman–Crippen MR) is 125 cm³/mol. The van der Waals surface area contributed by atoms with E-state index >= 15 is 0 Å². The van der Waals surface area contributed by atoms with Crippen LogP contribution >= 0.6 is 0 Å². The van der Waals surface area contributed by atoms with Gasteiger partial charge in [-0.1, -0.05) is 6.07 Å². The number of hydrogen-bond acceptors (Lipinski definition) is 8. The minimum Gasteiger partial charge on any atom is -0.493 e. The first kappa shape index (κ1) is 25.5. The van der Waals surface area contributed by atoms with Crippen LogP contribution in [0.3, 0.4) is 0 Å². The Balaban J connectivity index is 1.31. The fourth-order valence-electron chi connectivity index (χ4n) is 3.31. The number of carbonyl (C=O) groups is 1. The van der Waals surface area contributed by atoms with Gasteiger partial charge in [0.1, 0.15) is 12.4 Å². The Bertz CT molecular complexity index is 1390. The van der Waals surface area contributed by atoms with Crippen LogP contribution in [0.5, 0.6) is 23.1 Å². The molecule has 0 radical (unpaired) electrons. The molecule has 0 saturated carbocycles. The molecule has 0 bridgehead atoms. The third kappa shape index (κ3) is 6.18. The predicted octanol–water partition coefficient (Wildman–Crippen LogP) is 3.40. The summed E-state index contributed by atoms with van der Waals surface area (Å²) in [4.78, 5) is 12.0. The van der Waals surface area contributed by atoms with E-state index in [2.05, 4.69) is 20.6 Å². The maximum Gasteiger partial charge on any atom is 0.416 e. The van der Waals surface area contributed by atoms with Crippen LogP contribution in [0, 0.1) is 0 Å². The minimum atomic E-state index is -4.49. The second-order valence-corrected chi connectivity index (χ2v) is 7.55. The molecule has 1 amide bonds. The lowest BCUT2D eigenvalue weighted by atomic mass is 10.2. The SMILES string of the molecule is COc1ccc(-c2nnc3ccc(OCCNC(=O)COc4cccc(C(F)(F)F)c4)nn23)cc1OC. The molecule has 0 spiro atoms. The van der Waals surface area contributed by atoms with E-state index in [9.17, 15) is 18.0 Å². The molecule has 13 heteroatoms. The quantitative estimate of drug-likeness (QED) is 0.319. The lowest BCUT2D eigenvalue weighted by molar-refractivity contribution is -0.137. The molecule has 4 rings (SSSR count). The van der Waals surface area contributed by atoms with E-state index in [1.54, 1.807) is 37.4 Å². The van der Waals surface area contributed by atoms with Gasteiger partial charge in [-0.05, 0) is 42.5 Å². The van der Waals surface area contributed by atoms with Gasteiger partial charge >= 0.3 is 6.18 Å². The van der Waals surface area contributed by atoms with Gasteiger partial charge in [0.15, 0.2) is 29.6 Å². The summed E-state index contributed by atoms with van der Waals surface area (Å²) in [5.74, 6) is 1.25. The third-order valence-corrected chi connectivity index (χ3v) is 5.09. The van der Waals surface area contributed by atoms with Gasteiger partial charge in [0.25, 0.3) is 5.91 Å². The Labute approximate surface area is 208 Å². The number of halogens is 3. The number of hydrogen-bond donors (Lipinski definition) is 1. The zero-order valence-corrected chi connectivity index (χ0v) is 19.8. The molecule has 0 aliphatic carbocycles. The molecule has 0 aliphatic heterocycles. The summed E-state index contributed by atoms with van der Waals surface area (Å²) in [6, 6.07) is 12.9. The van der Waals surface area contributed by atoms with Crippen molar-refractivity contribution >= 4 is 11.6 Å². The van der Waals surface area contributed by atoms with Crippen LogP contribution in [0.25, 0.3) is 17.0 Å². The van der Waals surface area contributed by atoms with Gasteiger partial charge in [-0.25, -0.2) is 0 Å². The van der Waals surface area contributed by atoms with Crippen LogP contribution in [0.2, 0.25) is 0 Å². The molecule has 0 aliphatic rings. The second kappa shape index (κ2) is 11.0. The van der Waals surface area contributed by atoms with E-state index in [1.807, 2.05) is 0 Å². The van der Waals surface area contributed by atoms with Crippen molar-refractivity contribution in [1.29, 1.82) is 0 Å². The number of benzene rings is 2. The van der Waals surface area contributed by atoms with Crippen LogP contribution in [0.1, 0.15) is 5.56 Å². The van der Waals surface area contributed by atoms with Crippen LogP contribution in [-0.2, 0) is 11.0 Å². The van der Waals surface area contributed by atoms with Crippen LogP contribution < -0.4 is 24.3 Å².